The van der Waals surface area contributed by atoms with Crippen molar-refractivity contribution in [3.8, 4) is 0 Å². The molecule has 0 bridgehead atoms. The number of rotatable bonds is 6. The van der Waals surface area contributed by atoms with Gasteiger partial charge in [-0.15, -0.1) is 0 Å². The third kappa shape index (κ3) is 5.20. The first-order chi connectivity index (χ1) is 12.5. The van der Waals surface area contributed by atoms with E-state index < -0.39 is 10.0 Å². The largest absolute Gasteiger partial charge is 0.357 e. The minimum absolute atomic E-state index is 0.124. The van der Waals surface area contributed by atoms with Crippen LogP contribution in [0.2, 0.25) is 0 Å². The van der Waals surface area contributed by atoms with Crippen molar-refractivity contribution in [2.24, 2.45) is 10.9 Å². The van der Waals surface area contributed by atoms with Crippen LogP contribution in [0.1, 0.15) is 45.1 Å². The molecule has 2 N–H and O–H groups in total. The van der Waals surface area contributed by atoms with Gasteiger partial charge in [0.1, 0.15) is 0 Å². The fraction of sp³-hybridized carbons (Fsp3) is 0.632. The van der Waals surface area contributed by atoms with Crippen LogP contribution in [-0.2, 0) is 16.6 Å². The van der Waals surface area contributed by atoms with Crippen molar-refractivity contribution in [3.05, 3.63) is 29.8 Å². The molecule has 1 atom stereocenters. The molecule has 0 spiro atoms. The number of nitrogens with zero attached hydrogens (tertiary/aromatic N) is 2. The molecule has 0 amide bonds. The number of benzene rings is 1. The molecule has 26 heavy (non-hydrogen) atoms. The highest BCUT2D eigenvalue weighted by atomic mass is 32.2. The maximum absolute atomic E-state index is 12.2. The average Bonchev–Trinajstić information content (AvgIpc) is 3.42. The van der Waals surface area contributed by atoms with Gasteiger partial charge >= 0.3 is 0 Å². The summed E-state index contributed by atoms with van der Waals surface area (Å²) in [5, 5.41) is 3.38. The van der Waals surface area contributed by atoms with Crippen molar-refractivity contribution in [2.75, 3.05) is 19.6 Å². The zero-order valence-corrected chi connectivity index (χ0v) is 16.6. The SMILES string of the molecule is CCNC(=NCc1ccc(S(=O)(=O)NC2CC2)cc1)N1CCCC(C)C1. The molecule has 1 heterocycles. The predicted octanol–water partition coefficient (Wildman–Crippen LogP) is 2.32. The summed E-state index contributed by atoms with van der Waals surface area (Å²) in [6.07, 6.45) is 4.36. The zero-order chi connectivity index (χ0) is 18.6. The highest BCUT2D eigenvalue weighted by Crippen LogP contribution is 2.22. The van der Waals surface area contributed by atoms with Crippen LogP contribution >= 0.6 is 0 Å². The molecule has 1 saturated carbocycles. The standard InChI is InChI=1S/C19H30N4O2S/c1-3-20-19(23-12-4-5-15(2)14-23)21-13-16-6-10-18(11-7-16)26(24,25)22-17-8-9-17/h6-7,10-11,15,17,22H,3-5,8-9,12-14H2,1-2H3,(H,20,21). The summed E-state index contributed by atoms with van der Waals surface area (Å²) in [7, 11) is -3.38. The maximum Gasteiger partial charge on any atom is 0.240 e. The topological polar surface area (TPSA) is 73.8 Å². The molecule has 1 aromatic rings. The number of guanidine groups is 1. The minimum Gasteiger partial charge on any atom is -0.357 e. The Bertz CT molecular complexity index is 726. The number of hydrogen-bond donors (Lipinski definition) is 2. The molecule has 2 fully saturated rings. The van der Waals surface area contributed by atoms with Crippen molar-refractivity contribution >= 4 is 16.0 Å². The van der Waals surface area contributed by atoms with Crippen molar-refractivity contribution in [3.63, 3.8) is 0 Å². The van der Waals surface area contributed by atoms with E-state index in [-0.39, 0.29) is 6.04 Å². The molecule has 0 radical (unpaired) electrons. The number of aliphatic imine (C=N–C) groups is 1. The Balaban J connectivity index is 1.65. The lowest BCUT2D eigenvalue weighted by atomic mass is 10.0. The van der Waals surface area contributed by atoms with Gasteiger partial charge in [-0.25, -0.2) is 18.1 Å². The number of likely N-dealkylation sites (tertiary alicyclic amines) is 1. The molecule has 1 unspecified atom stereocenters. The van der Waals surface area contributed by atoms with E-state index in [1.54, 1.807) is 12.1 Å². The van der Waals surface area contributed by atoms with Crippen LogP contribution in [-0.4, -0.2) is 45.0 Å². The van der Waals surface area contributed by atoms with Gasteiger partial charge in [0, 0.05) is 25.7 Å². The first-order valence-corrected chi connectivity index (χ1v) is 11.1. The second-order valence-corrected chi connectivity index (χ2v) is 9.12. The van der Waals surface area contributed by atoms with Crippen molar-refractivity contribution < 1.29 is 8.42 Å². The lowest BCUT2D eigenvalue weighted by Crippen LogP contribution is -2.46. The van der Waals surface area contributed by atoms with Crippen LogP contribution in [0.5, 0.6) is 0 Å². The summed E-state index contributed by atoms with van der Waals surface area (Å²) in [6.45, 7) is 7.83. The number of nitrogens with one attached hydrogen (secondary N) is 2. The zero-order valence-electron chi connectivity index (χ0n) is 15.7. The summed E-state index contributed by atoms with van der Waals surface area (Å²) in [4.78, 5) is 7.42. The van der Waals surface area contributed by atoms with E-state index in [0.29, 0.717) is 17.4 Å². The summed E-state index contributed by atoms with van der Waals surface area (Å²) in [5.74, 6) is 1.64. The molecule has 2 aliphatic rings. The van der Waals surface area contributed by atoms with Crippen molar-refractivity contribution in [1.82, 2.24) is 14.9 Å². The third-order valence-corrected chi connectivity index (χ3v) is 6.37. The summed E-state index contributed by atoms with van der Waals surface area (Å²) < 4.78 is 27.2. The summed E-state index contributed by atoms with van der Waals surface area (Å²) in [6, 6.07) is 7.18. The van der Waals surface area contributed by atoms with Gasteiger partial charge in [-0.1, -0.05) is 19.1 Å². The van der Waals surface area contributed by atoms with Gasteiger partial charge in [0.25, 0.3) is 0 Å². The van der Waals surface area contributed by atoms with Crippen LogP contribution in [0.25, 0.3) is 0 Å². The van der Waals surface area contributed by atoms with E-state index >= 15 is 0 Å². The molecule has 1 aliphatic carbocycles. The van der Waals surface area contributed by atoms with Crippen LogP contribution in [0.4, 0.5) is 0 Å². The van der Waals surface area contributed by atoms with Gasteiger partial charge in [0.15, 0.2) is 5.96 Å². The Labute approximate surface area is 157 Å². The van der Waals surface area contributed by atoms with E-state index in [4.69, 9.17) is 4.99 Å². The summed E-state index contributed by atoms with van der Waals surface area (Å²) in [5.41, 5.74) is 1.01. The highest BCUT2D eigenvalue weighted by molar-refractivity contribution is 7.89. The van der Waals surface area contributed by atoms with Gasteiger partial charge in [0.05, 0.1) is 11.4 Å². The first-order valence-electron chi connectivity index (χ1n) is 9.62. The van der Waals surface area contributed by atoms with Crippen LogP contribution in [0, 0.1) is 5.92 Å². The van der Waals surface area contributed by atoms with Crippen molar-refractivity contribution in [1.29, 1.82) is 0 Å². The molecule has 1 aliphatic heterocycles. The fourth-order valence-electron chi connectivity index (χ4n) is 3.24. The van der Waals surface area contributed by atoms with Crippen molar-refractivity contribution in [2.45, 2.75) is 57.0 Å². The Hall–Kier alpha value is -1.60. The number of piperidine rings is 1. The van der Waals surface area contributed by atoms with Crippen LogP contribution in [0.15, 0.2) is 34.2 Å². The minimum atomic E-state index is -3.38. The van der Waals surface area contributed by atoms with Gasteiger partial charge in [0.2, 0.25) is 10.0 Å². The van der Waals surface area contributed by atoms with E-state index in [0.717, 1.165) is 44.0 Å². The highest BCUT2D eigenvalue weighted by Gasteiger charge is 2.27. The van der Waals surface area contributed by atoms with E-state index in [9.17, 15) is 8.42 Å². The Kier molecular flexibility index (Phi) is 6.19. The van der Waals surface area contributed by atoms with Crippen LogP contribution in [0.3, 0.4) is 0 Å². The van der Waals surface area contributed by atoms with Gasteiger partial charge in [-0.3, -0.25) is 0 Å². The number of sulfonamides is 1. The molecule has 7 heteroatoms. The second-order valence-electron chi connectivity index (χ2n) is 7.40. The molecule has 144 valence electrons. The third-order valence-electron chi connectivity index (χ3n) is 4.84. The Morgan fingerprint density at radius 2 is 1.96 bits per heavy atom. The van der Waals surface area contributed by atoms with Gasteiger partial charge < -0.3 is 10.2 Å². The average molecular weight is 379 g/mol. The Morgan fingerprint density at radius 3 is 2.58 bits per heavy atom. The first kappa shape index (κ1) is 19.2. The molecule has 1 aromatic carbocycles. The van der Waals surface area contributed by atoms with E-state index in [2.05, 4.69) is 28.8 Å². The second kappa shape index (κ2) is 8.39. The van der Waals surface area contributed by atoms with E-state index in [1.807, 2.05) is 12.1 Å². The number of hydrogen-bond acceptors (Lipinski definition) is 3. The van der Waals surface area contributed by atoms with Gasteiger partial charge in [-0.05, 0) is 56.2 Å². The lowest BCUT2D eigenvalue weighted by molar-refractivity contribution is 0.266. The molecular formula is C19H30N4O2S. The molecule has 0 aromatic heterocycles. The molecule has 3 rings (SSSR count). The molecule has 6 nitrogen and oxygen atoms in total. The van der Waals surface area contributed by atoms with E-state index in [1.165, 1.54) is 12.8 Å². The van der Waals surface area contributed by atoms with Crippen LogP contribution < -0.4 is 10.0 Å². The fourth-order valence-corrected chi connectivity index (χ4v) is 4.54. The van der Waals surface area contributed by atoms with Gasteiger partial charge in [-0.2, -0.15) is 0 Å². The maximum atomic E-state index is 12.2. The predicted molar refractivity (Wildman–Crippen MR) is 105 cm³/mol. The summed E-state index contributed by atoms with van der Waals surface area (Å²) >= 11 is 0. The molecule has 1 saturated heterocycles. The normalized spacial score (nSPS) is 21.7. The monoisotopic (exact) mass is 378 g/mol. The molecular weight excluding hydrogens is 348 g/mol. The Morgan fingerprint density at radius 1 is 1.23 bits per heavy atom. The lowest BCUT2D eigenvalue weighted by Gasteiger charge is -2.33. The smallest absolute Gasteiger partial charge is 0.240 e. The quantitative estimate of drug-likeness (QED) is 0.589.